The number of rotatable bonds is 1. The molecule has 0 radical (unpaired) electrons. The first-order valence-electron chi connectivity index (χ1n) is 2.59. The van der Waals surface area contributed by atoms with Gasteiger partial charge in [-0.2, -0.15) is 0 Å². The number of aromatic nitrogens is 1. The number of hydrogen-bond donors (Lipinski definition) is 0. The summed E-state index contributed by atoms with van der Waals surface area (Å²) in [6, 6.07) is 1.29. The van der Waals surface area contributed by atoms with Crippen LogP contribution in [0.4, 0.5) is 4.39 Å². The van der Waals surface area contributed by atoms with Gasteiger partial charge in [-0.05, 0) is 12.3 Å². The van der Waals surface area contributed by atoms with Crippen molar-refractivity contribution in [2.45, 2.75) is 4.90 Å². The number of nitrogens with zero attached hydrogens (tertiary/aromatic N) is 1. The molecule has 4 heteroatoms. The zero-order valence-electron chi connectivity index (χ0n) is 5.27. The summed E-state index contributed by atoms with van der Waals surface area (Å²) in [5.74, 6) is -0.312. The molecule has 0 fully saturated rings. The smallest absolute Gasteiger partial charge is 0.145 e. The predicted octanol–water partition coefficient (Wildman–Crippen LogP) is 2.60. The Morgan fingerprint density at radius 3 is 2.80 bits per heavy atom. The maximum absolute atomic E-state index is 12.7. The maximum atomic E-state index is 12.7. The molecule has 0 unspecified atom stereocenters. The van der Waals surface area contributed by atoms with Gasteiger partial charge in [0.1, 0.15) is 11.0 Å². The van der Waals surface area contributed by atoms with E-state index < -0.39 is 0 Å². The Balaban J connectivity index is 3.17. The third-order valence-corrected chi connectivity index (χ3v) is 2.21. The first kappa shape index (κ1) is 7.82. The van der Waals surface area contributed by atoms with Crippen LogP contribution in [0.3, 0.4) is 0 Å². The van der Waals surface area contributed by atoms with E-state index in [2.05, 4.69) is 4.98 Å². The molecule has 0 aliphatic rings. The molecule has 0 saturated heterocycles. The fraction of sp³-hybridized carbons (Fsp3) is 0.167. The highest BCUT2D eigenvalue weighted by molar-refractivity contribution is 7.98. The molecule has 10 heavy (non-hydrogen) atoms. The van der Waals surface area contributed by atoms with Crippen molar-refractivity contribution in [1.82, 2.24) is 4.98 Å². The van der Waals surface area contributed by atoms with E-state index in [9.17, 15) is 4.39 Å². The minimum atomic E-state index is -0.312. The molecular weight excluding hydrogens is 173 g/mol. The summed E-state index contributed by atoms with van der Waals surface area (Å²) in [7, 11) is 0. The summed E-state index contributed by atoms with van der Waals surface area (Å²) < 4.78 is 12.7. The van der Waals surface area contributed by atoms with Crippen molar-refractivity contribution >= 4 is 23.4 Å². The third kappa shape index (κ3) is 1.41. The quantitative estimate of drug-likeness (QED) is 0.483. The maximum Gasteiger partial charge on any atom is 0.145 e. The van der Waals surface area contributed by atoms with Crippen molar-refractivity contribution in [3.63, 3.8) is 0 Å². The van der Waals surface area contributed by atoms with Crippen LogP contribution in [0.1, 0.15) is 0 Å². The summed E-state index contributed by atoms with van der Waals surface area (Å²) in [5.41, 5.74) is 0. The number of hydrogen-bond acceptors (Lipinski definition) is 2. The monoisotopic (exact) mass is 177 g/mol. The van der Waals surface area contributed by atoms with Gasteiger partial charge < -0.3 is 0 Å². The standard InChI is InChI=1S/C6H5ClFNS/c1-10-5-4(8)2-3-9-6(5)7/h2-3H,1H3. The van der Waals surface area contributed by atoms with E-state index in [1.165, 1.54) is 24.0 Å². The summed E-state index contributed by atoms with van der Waals surface area (Å²) in [4.78, 5) is 4.12. The largest absolute Gasteiger partial charge is 0.243 e. The normalized spacial score (nSPS) is 9.90. The number of halogens is 2. The number of thioether (sulfide) groups is 1. The molecule has 1 aromatic rings. The Morgan fingerprint density at radius 1 is 1.70 bits per heavy atom. The van der Waals surface area contributed by atoms with Crippen molar-refractivity contribution in [2.24, 2.45) is 0 Å². The van der Waals surface area contributed by atoms with Crippen molar-refractivity contribution in [1.29, 1.82) is 0 Å². The Hall–Kier alpha value is -0.280. The van der Waals surface area contributed by atoms with Crippen molar-refractivity contribution < 1.29 is 4.39 Å². The fourth-order valence-corrected chi connectivity index (χ4v) is 1.44. The molecule has 0 N–H and O–H groups in total. The van der Waals surface area contributed by atoms with Crippen molar-refractivity contribution in [3.8, 4) is 0 Å². The molecule has 1 rings (SSSR count). The van der Waals surface area contributed by atoms with Gasteiger partial charge in [-0.1, -0.05) is 11.6 Å². The highest BCUT2D eigenvalue weighted by atomic mass is 35.5. The van der Waals surface area contributed by atoms with E-state index in [0.717, 1.165) is 0 Å². The highest BCUT2D eigenvalue weighted by Gasteiger charge is 2.04. The van der Waals surface area contributed by atoms with Crippen molar-refractivity contribution in [2.75, 3.05) is 6.26 Å². The Labute approximate surface area is 67.6 Å². The summed E-state index contributed by atoms with van der Waals surface area (Å²) in [6.07, 6.45) is 3.10. The van der Waals surface area contributed by atoms with Gasteiger partial charge in [0.25, 0.3) is 0 Å². The Bertz CT molecular complexity index is 221. The van der Waals surface area contributed by atoms with Crippen molar-refractivity contribution in [3.05, 3.63) is 23.2 Å². The van der Waals surface area contributed by atoms with Crippen LogP contribution in [0.5, 0.6) is 0 Å². The van der Waals surface area contributed by atoms with Crippen LogP contribution >= 0.6 is 23.4 Å². The minimum Gasteiger partial charge on any atom is -0.243 e. The topological polar surface area (TPSA) is 12.9 Å². The molecule has 1 aromatic heterocycles. The first-order chi connectivity index (χ1) is 4.75. The molecular formula is C6H5ClFNS. The van der Waals surface area contributed by atoms with Crippen LogP contribution < -0.4 is 0 Å². The molecule has 0 bridgehead atoms. The average molecular weight is 178 g/mol. The van der Waals surface area contributed by atoms with E-state index in [1.54, 1.807) is 6.26 Å². The molecule has 54 valence electrons. The molecule has 0 saturated carbocycles. The Morgan fingerprint density at radius 2 is 2.40 bits per heavy atom. The van der Waals surface area contributed by atoms with E-state index >= 15 is 0 Å². The second kappa shape index (κ2) is 3.21. The van der Waals surface area contributed by atoms with E-state index in [-0.39, 0.29) is 11.0 Å². The lowest BCUT2D eigenvalue weighted by Gasteiger charge is -1.98. The Kier molecular flexibility index (Phi) is 2.51. The molecule has 0 atom stereocenters. The molecule has 0 aliphatic heterocycles. The van der Waals surface area contributed by atoms with E-state index in [0.29, 0.717) is 4.90 Å². The van der Waals surface area contributed by atoms with Gasteiger partial charge in [0.15, 0.2) is 0 Å². The van der Waals surface area contributed by atoms with Crippen LogP contribution in [0.2, 0.25) is 5.15 Å². The molecule has 1 nitrogen and oxygen atoms in total. The third-order valence-electron chi connectivity index (χ3n) is 1.02. The first-order valence-corrected chi connectivity index (χ1v) is 4.20. The van der Waals surface area contributed by atoms with Crippen LogP contribution in [0.15, 0.2) is 17.2 Å². The zero-order chi connectivity index (χ0) is 7.56. The molecule has 0 aliphatic carbocycles. The van der Waals surface area contributed by atoms with Crippen LogP contribution in [-0.4, -0.2) is 11.2 Å². The van der Waals surface area contributed by atoms with Crippen LogP contribution in [0.25, 0.3) is 0 Å². The van der Waals surface area contributed by atoms with Gasteiger partial charge in [-0.25, -0.2) is 9.37 Å². The van der Waals surface area contributed by atoms with Gasteiger partial charge in [-0.3, -0.25) is 0 Å². The van der Waals surface area contributed by atoms with Gasteiger partial charge >= 0.3 is 0 Å². The highest BCUT2D eigenvalue weighted by Crippen LogP contribution is 2.25. The van der Waals surface area contributed by atoms with Gasteiger partial charge in [0.2, 0.25) is 0 Å². The summed E-state index contributed by atoms with van der Waals surface area (Å²) in [5, 5.41) is 0.229. The molecule has 0 aromatic carbocycles. The second-order valence-electron chi connectivity index (χ2n) is 1.62. The fourth-order valence-electron chi connectivity index (χ4n) is 0.583. The summed E-state index contributed by atoms with van der Waals surface area (Å²) >= 11 is 6.81. The van der Waals surface area contributed by atoms with Gasteiger partial charge in [-0.15, -0.1) is 11.8 Å². The SMILES string of the molecule is CSc1c(F)ccnc1Cl. The molecule has 1 heterocycles. The van der Waals surface area contributed by atoms with Gasteiger partial charge in [0.05, 0.1) is 4.90 Å². The van der Waals surface area contributed by atoms with Crippen LogP contribution in [0, 0.1) is 5.82 Å². The van der Waals surface area contributed by atoms with Crippen LogP contribution in [-0.2, 0) is 0 Å². The minimum absolute atomic E-state index is 0.229. The van der Waals surface area contributed by atoms with E-state index in [1.807, 2.05) is 0 Å². The summed E-state index contributed by atoms with van der Waals surface area (Å²) in [6.45, 7) is 0. The zero-order valence-corrected chi connectivity index (χ0v) is 6.84. The van der Waals surface area contributed by atoms with E-state index in [4.69, 9.17) is 11.6 Å². The second-order valence-corrected chi connectivity index (χ2v) is 2.79. The lowest BCUT2D eigenvalue weighted by Crippen LogP contribution is -1.83. The van der Waals surface area contributed by atoms with Gasteiger partial charge in [0, 0.05) is 6.20 Å². The molecule has 0 amide bonds. The lowest BCUT2D eigenvalue weighted by molar-refractivity contribution is 0.599. The predicted molar refractivity (Wildman–Crippen MR) is 41.0 cm³/mol. The average Bonchev–Trinajstić information content (AvgIpc) is 1.88. The lowest BCUT2D eigenvalue weighted by atomic mass is 10.5. The molecule has 0 spiro atoms. The number of pyridine rings is 1.